The topological polar surface area (TPSA) is 38.3 Å². The summed E-state index contributed by atoms with van der Waals surface area (Å²) < 4.78 is 6.34. The third-order valence-corrected chi connectivity index (χ3v) is 4.09. The van der Waals surface area contributed by atoms with E-state index in [9.17, 15) is 4.79 Å². The van der Waals surface area contributed by atoms with Gasteiger partial charge in [0.1, 0.15) is 5.75 Å². The van der Waals surface area contributed by atoms with Crippen molar-refractivity contribution in [2.24, 2.45) is 0 Å². The van der Waals surface area contributed by atoms with Crippen LogP contribution in [0.25, 0.3) is 0 Å². The molecular formula is C16H15BrClNO2. The number of nitrogens with one attached hydrogen (secondary N) is 1. The maximum absolute atomic E-state index is 12.2. The predicted octanol–water partition coefficient (Wildman–Crippen LogP) is 5.06. The van der Waals surface area contributed by atoms with Crippen LogP contribution in [-0.4, -0.2) is 12.5 Å². The summed E-state index contributed by atoms with van der Waals surface area (Å²) in [5.74, 6) is 0.433. The molecule has 0 aliphatic heterocycles. The Bertz CT molecular complexity index is 673. The number of carbonyl (C=O) groups is 1. The normalized spacial score (nSPS) is 10.3. The molecule has 1 amide bonds. The van der Waals surface area contributed by atoms with Gasteiger partial charge in [0.15, 0.2) is 0 Å². The van der Waals surface area contributed by atoms with Crippen molar-refractivity contribution in [3.63, 3.8) is 0 Å². The molecule has 0 spiro atoms. The Labute approximate surface area is 137 Å². The van der Waals surface area contributed by atoms with Crippen LogP contribution in [0.15, 0.2) is 40.9 Å². The molecular weight excluding hydrogens is 354 g/mol. The smallest absolute Gasteiger partial charge is 0.255 e. The van der Waals surface area contributed by atoms with Crippen molar-refractivity contribution in [1.82, 2.24) is 0 Å². The molecule has 0 aliphatic rings. The SMILES string of the molecule is CCOc1ccc(NC(=O)c2ccc(Br)c(C)c2)cc1Cl. The van der Waals surface area contributed by atoms with E-state index in [0.29, 0.717) is 28.6 Å². The van der Waals surface area contributed by atoms with Gasteiger partial charge in [-0.15, -0.1) is 0 Å². The lowest BCUT2D eigenvalue weighted by molar-refractivity contribution is 0.102. The Hall–Kier alpha value is -1.52. The minimum Gasteiger partial charge on any atom is -0.492 e. The number of halogens is 2. The summed E-state index contributed by atoms with van der Waals surface area (Å²) in [7, 11) is 0. The molecule has 21 heavy (non-hydrogen) atoms. The monoisotopic (exact) mass is 367 g/mol. The molecule has 0 heterocycles. The minimum atomic E-state index is -0.175. The van der Waals surface area contributed by atoms with Crippen molar-refractivity contribution in [3.8, 4) is 5.75 Å². The number of hydrogen-bond donors (Lipinski definition) is 1. The van der Waals surface area contributed by atoms with Crippen molar-refractivity contribution in [2.45, 2.75) is 13.8 Å². The molecule has 110 valence electrons. The summed E-state index contributed by atoms with van der Waals surface area (Å²) in [4.78, 5) is 12.2. The molecule has 2 rings (SSSR count). The van der Waals surface area contributed by atoms with E-state index in [2.05, 4.69) is 21.2 Å². The van der Waals surface area contributed by atoms with Crippen LogP contribution in [0.2, 0.25) is 5.02 Å². The second kappa shape index (κ2) is 6.96. The summed E-state index contributed by atoms with van der Waals surface area (Å²) in [6, 6.07) is 10.6. The van der Waals surface area contributed by atoms with Crippen molar-refractivity contribution in [3.05, 3.63) is 57.0 Å². The van der Waals surface area contributed by atoms with E-state index in [1.165, 1.54) is 0 Å². The number of hydrogen-bond acceptors (Lipinski definition) is 2. The first-order chi connectivity index (χ1) is 10.0. The van der Waals surface area contributed by atoms with Crippen LogP contribution in [0, 0.1) is 6.92 Å². The summed E-state index contributed by atoms with van der Waals surface area (Å²) in [5, 5.41) is 3.29. The Kier molecular flexibility index (Phi) is 5.26. The molecule has 0 saturated carbocycles. The third-order valence-electron chi connectivity index (χ3n) is 2.91. The number of aryl methyl sites for hydroxylation is 1. The van der Waals surface area contributed by atoms with E-state index in [-0.39, 0.29) is 5.91 Å². The Morgan fingerprint density at radius 1 is 1.29 bits per heavy atom. The second-order valence-corrected chi connectivity index (χ2v) is 5.76. The largest absolute Gasteiger partial charge is 0.492 e. The van der Waals surface area contributed by atoms with Crippen molar-refractivity contribution in [2.75, 3.05) is 11.9 Å². The Morgan fingerprint density at radius 3 is 2.67 bits per heavy atom. The lowest BCUT2D eigenvalue weighted by Gasteiger charge is -2.10. The molecule has 3 nitrogen and oxygen atoms in total. The third kappa shape index (κ3) is 3.99. The van der Waals surface area contributed by atoms with Crippen LogP contribution in [0.4, 0.5) is 5.69 Å². The van der Waals surface area contributed by atoms with E-state index in [1.807, 2.05) is 26.0 Å². The van der Waals surface area contributed by atoms with E-state index >= 15 is 0 Å². The number of benzene rings is 2. The Morgan fingerprint density at radius 2 is 2.05 bits per heavy atom. The van der Waals surface area contributed by atoms with Crippen LogP contribution in [-0.2, 0) is 0 Å². The zero-order valence-corrected chi connectivity index (χ0v) is 14.1. The van der Waals surface area contributed by atoms with Gasteiger partial charge in [-0.2, -0.15) is 0 Å². The maximum atomic E-state index is 12.2. The van der Waals surface area contributed by atoms with Crippen LogP contribution in [0.3, 0.4) is 0 Å². The van der Waals surface area contributed by atoms with Gasteiger partial charge in [-0.1, -0.05) is 27.5 Å². The number of amides is 1. The molecule has 5 heteroatoms. The highest BCUT2D eigenvalue weighted by Gasteiger charge is 2.09. The fraction of sp³-hybridized carbons (Fsp3) is 0.188. The highest BCUT2D eigenvalue weighted by atomic mass is 79.9. The van der Waals surface area contributed by atoms with E-state index < -0.39 is 0 Å². The summed E-state index contributed by atoms with van der Waals surface area (Å²) in [6.07, 6.45) is 0. The summed E-state index contributed by atoms with van der Waals surface area (Å²) in [5.41, 5.74) is 2.24. The molecule has 0 radical (unpaired) electrons. The predicted molar refractivity (Wildman–Crippen MR) is 89.5 cm³/mol. The molecule has 1 N–H and O–H groups in total. The van der Waals surface area contributed by atoms with Gasteiger partial charge < -0.3 is 10.1 Å². The number of anilines is 1. The highest BCUT2D eigenvalue weighted by Crippen LogP contribution is 2.28. The first-order valence-corrected chi connectivity index (χ1v) is 7.68. The number of carbonyl (C=O) groups excluding carboxylic acids is 1. The van der Waals surface area contributed by atoms with Gasteiger partial charge in [-0.25, -0.2) is 0 Å². The average Bonchev–Trinajstić information content (AvgIpc) is 2.45. The zero-order valence-electron chi connectivity index (χ0n) is 11.7. The van der Waals surface area contributed by atoms with Gasteiger partial charge in [0.25, 0.3) is 5.91 Å². The fourth-order valence-electron chi connectivity index (χ4n) is 1.84. The van der Waals surface area contributed by atoms with Crippen LogP contribution >= 0.6 is 27.5 Å². The second-order valence-electron chi connectivity index (χ2n) is 4.50. The van der Waals surface area contributed by atoms with E-state index in [4.69, 9.17) is 16.3 Å². The molecule has 0 aliphatic carbocycles. The fourth-order valence-corrected chi connectivity index (χ4v) is 2.32. The quantitative estimate of drug-likeness (QED) is 0.819. The molecule has 0 unspecified atom stereocenters. The molecule has 2 aromatic rings. The standard InChI is InChI=1S/C16H15BrClNO2/c1-3-21-15-7-5-12(9-14(15)18)19-16(20)11-4-6-13(17)10(2)8-11/h4-9H,3H2,1-2H3,(H,19,20). The van der Waals surface area contributed by atoms with Crippen molar-refractivity contribution >= 4 is 39.1 Å². The van der Waals surface area contributed by atoms with Crippen molar-refractivity contribution < 1.29 is 9.53 Å². The molecule has 0 saturated heterocycles. The van der Waals surface area contributed by atoms with Gasteiger partial charge in [0.2, 0.25) is 0 Å². The average molecular weight is 369 g/mol. The number of ether oxygens (including phenoxy) is 1. The zero-order chi connectivity index (χ0) is 15.4. The summed E-state index contributed by atoms with van der Waals surface area (Å²) in [6.45, 7) is 4.38. The molecule has 0 aromatic heterocycles. The van der Waals surface area contributed by atoms with Gasteiger partial charge in [-0.3, -0.25) is 4.79 Å². The van der Waals surface area contributed by atoms with Gasteiger partial charge in [0.05, 0.1) is 11.6 Å². The Balaban J connectivity index is 2.15. The van der Waals surface area contributed by atoms with E-state index in [1.54, 1.807) is 24.3 Å². The van der Waals surface area contributed by atoms with Gasteiger partial charge in [-0.05, 0) is 55.8 Å². The lowest BCUT2D eigenvalue weighted by atomic mass is 10.1. The maximum Gasteiger partial charge on any atom is 0.255 e. The van der Waals surface area contributed by atoms with Crippen molar-refractivity contribution in [1.29, 1.82) is 0 Å². The molecule has 0 atom stereocenters. The lowest BCUT2D eigenvalue weighted by Crippen LogP contribution is -2.12. The van der Waals surface area contributed by atoms with Gasteiger partial charge in [0, 0.05) is 15.7 Å². The molecule has 0 fully saturated rings. The first-order valence-electron chi connectivity index (χ1n) is 6.51. The summed E-state index contributed by atoms with van der Waals surface area (Å²) >= 11 is 9.52. The van der Waals surface area contributed by atoms with E-state index in [0.717, 1.165) is 10.0 Å². The van der Waals surface area contributed by atoms with Gasteiger partial charge >= 0.3 is 0 Å². The van der Waals surface area contributed by atoms with Crippen LogP contribution < -0.4 is 10.1 Å². The molecule has 0 bridgehead atoms. The first kappa shape index (κ1) is 15.9. The highest BCUT2D eigenvalue weighted by molar-refractivity contribution is 9.10. The number of rotatable bonds is 4. The van der Waals surface area contributed by atoms with Crippen LogP contribution in [0.5, 0.6) is 5.75 Å². The van der Waals surface area contributed by atoms with Crippen LogP contribution in [0.1, 0.15) is 22.8 Å². The minimum absolute atomic E-state index is 0.175. The molecule has 2 aromatic carbocycles.